The molecule has 0 radical (unpaired) electrons. The quantitative estimate of drug-likeness (QED) is 0.564. The summed E-state index contributed by atoms with van der Waals surface area (Å²) in [6, 6.07) is 20.5. The van der Waals surface area contributed by atoms with E-state index in [9.17, 15) is 9.59 Å². The number of amides is 1. The summed E-state index contributed by atoms with van der Waals surface area (Å²) in [7, 11) is 0. The number of esters is 1. The van der Waals surface area contributed by atoms with Gasteiger partial charge >= 0.3 is 5.97 Å². The molecule has 30 heavy (non-hydrogen) atoms. The van der Waals surface area contributed by atoms with Crippen LogP contribution in [0, 0.1) is 25.2 Å². The zero-order valence-electron chi connectivity index (χ0n) is 16.9. The number of para-hydroxylation sites is 2. The van der Waals surface area contributed by atoms with E-state index in [-0.39, 0.29) is 13.0 Å². The third-order valence-electron chi connectivity index (χ3n) is 4.64. The Morgan fingerprint density at radius 2 is 1.70 bits per heavy atom. The smallest absolute Gasteiger partial charge is 0.342 e. The summed E-state index contributed by atoms with van der Waals surface area (Å²) in [5, 5.41) is 13.3. The lowest BCUT2D eigenvalue weighted by Crippen LogP contribution is -2.35. The van der Waals surface area contributed by atoms with Gasteiger partial charge in [-0.15, -0.1) is 0 Å². The Hall–Kier alpha value is -3.92. The highest BCUT2D eigenvalue weighted by Crippen LogP contribution is 2.19. The normalized spacial score (nSPS) is 10.3. The van der Waals surface area contributed by atoms with Crippen LogP contribution in [0.5, 0.6) is 0 Å². The van der Waals surface area contributed by atoms with Gasteiger partial charge < -0.3 is 9.64 Å². The summed E-state index contributed by atoms with van der Waals surface area (Å²) >= 11 is 0. The topological polar surface area (TPSA) is 88.2 Å². The molecule has 3 rings (SSSR count). The van der Waals surface area contributed by atoms with E-state index in [4.69, 9.17) is 10.00 Å². The van der Waals surface area contributed by atoms with E-state index in [0.29, 0.717) is 22.6 Å². The highest BCUT2D eigenvalue weighted by molar-refractivity contribution is 5.97. The second kappa shape index (κ2) is 9.52. The molecule has 2 aromatic carbocycles. The van der Waals surface area contributed by atoms with Crippen molar-refractivity contribution in [1.82, 2.24) is 9.78 Å². The zero-order chi connectivity index (χ0) is 21.5. The summed E-state index contributed by atoms with van der Waals surface area (Å²) in [5.74, 6) is -0.996. The number of aromatic nitrogens is 2. The van der Waals surface area contributed by atoms with Crippen LogP contribution in [0.3, 0.4) is 0 Å². The van der Waals surface area contributed by atoms with Crippen LogP contribution in [0.15, 0.2) is 60.7 Å². The minimum atomic E-state index is -0.603. The fourth-order valence-corrected chi connectivity index (χ4v) is 3.20. The Morgan fingerprint density at radius 3 is 2.33 bits per heavy atom. The average Bonchev–Trinajstić information content (AvgIpc) is 3.07. The maximum absolute atomic E-state index is 12.7. The number of aryl methyl sites for hydroxylation is 1. The predicted octanol–water partition coefficient (Wildman–Crippen LogP) is 3.59. The van der Waals surface area contributed by atoms with Crippen LogP contribution in [0.2, 0.25) is 0 Å². The number of benzene rings is 2. The Labute approximate surface area is 175 Å². The van der Waals surface area contributed by atoms with Crippen LogP contribution < -0.4 is 4.90 Å². The first-order valence-corrected chi connectivity index (χ1v) is 9.54. The molecule has 1 amide bonds. The highest BCUT2D eigenvalue weighted by atomic mass is 16.5. The Bertz CT molecular complexity index is 1070. The molecule has 7 heteroatoms. The van der Waals surface area contributed by atoms with Crippen LogP contribution in [0.4, 0.5) is 5.69 Å². The van der Waals surface area contributed by atoms with Gasteiger partial charge in [-0.1, -0.05) is 36.4 Å². The fourth-order valence-electron chi connectivity index (χ4n) is 3.20. The van der Waals surface area contributed by atoms with Crippen LogP contribution in [-0.2, 0) is 9.53 Å². The van der Waals surface area contributed by atoms with E-state index in [2.05, 4.69) is 5.10 Å². The third-order valence-corrected chi connectivity index (χ3v) is 4.64. The number of carbonyl (C=O) groups excluding carboxylic acids is 2. The number of nitrogens with zero attached hydrogens (tertiary/aromatic N) is 4. The lowest BCUT2D eigenvalue weighted by molar-refractivity contribution is -0.121. The van der Waals surface area contributed by atoms with Crippen molar-refractivity contribution in [2.75, 3.05) is 18.1 Å². The van der Waals surface area contributed by atoms with E-state index in [1.54, 1.807) is 42.8 Å². The summed E-state index contributed by atoms with van der Waals surface area (Å²) in [5.41, 5.74) is 2.99. The lowest BCUT2D eigenvalue weighted by atomic mass is 10.2. The first-order valence-electron chi connectivity index (χ1n) is 9.54. The molecule has 0 N–H and O–H groups in total. The SMILES string of the molecule is Cc1nn(-c2ccccc2)c(C)c1C(=O)OCC(=O)N(CCC#N)c1ccccc1. The number of ether oxygens (including phenoxy) is 1. The van der Waals surface area contributed by atoms with Crippen molar-refractivity contribution in [3.8, 4) is 11.8 Å². The molecular weight excluding hydrogens is 380 g/mol. The van der Waals surface area contributed by atoms with Crippen molar-refractivity contribution in [3.05, 3.63) is 77.6 Å². The summed E-state index contributed by atoms with van der Waals surface area (Å²) in [6.07, 6.45) is 0.177. The number of hydrogen-bond acceptors (Lipinski definition) is 5. The van der Waals surface area contributed by atoms with Gasteiger partial charge in [-0.25, -0.2) is 9.48 Å². The molecule has 0 bridgehead atoms. The Kier molecular flexibility index (Phi) is 6.60. The molecule has 0 atom stereocenters. The molecule has 0 spiro atoms. The fraction of sp³-hybridized carbons (Fsp3) is 0.217. The molecule has 152 valence electrons. The van der Waals surface area contributed by atoms with Gasteiger partial charge in [-0.2, -0.15) is 10.4 Å². The van der Waals surface area contributed by atoms with Crippen molar-refractivity contribution in [2.24, 2.45) is 0 Å². The van der Waals surface area contributed by atoms with E-state index in [0.717, 1.165) is 5.69 Å². The summed E-state index contributed by atoms with van der Waals surface area (Å²) < 4.78 is 6.99. The van der Waals surface area contributed by atoms with E-state index in [1.165, 1.54) is 4.90 Å². The molecule has 1 aromatic heterocycles. The molecule has 0 saturated heterocycles. The second-order valence-electron chi connectivity index (χ2n) is 6.66. The summed E-state index contributed by atoms with van der Waals surface area (Å²) in [4.78, 5) is 26.9. The Morgan fingerprint density at radius 1 is 1.07 bits per heavy atom. The van der Waals surface area contributed by atoms with Gasteiger partial charge in [0.2, 0.25) is 0 Å². The van der Waals surface area contributed by atoms with Crippen LogP contribution in [0.1, 0.15) is 28.2 Å². The predicted molar refractivity (Wildman–Crippen MR) is 112 cm³/mol. The highest BCUT2D eigenvalue weighted by Gasteiger charge is 2.23. The molecule has 1 heterocycles. The van der Waals surface area contributed by atoms with E-state index in [1.807, 2.05) is 42.5 Å². The minimum Gasteiger partial charge on any atom is -0.452 e. The summed E-state index contributed by atoms with van der Waals surface area (Å²) in [6.45, 7) is 3.32. The average molecular weight is 402 g/mol. The van der Waals surface area contributed by atoms with Crippen LogP contribution >= 0.6 is 0 Å². The zero-order valence-corrected chi connectivity index (χ0v) is 16.9. The van der Waals surface area contributed by atoms with Crippen LogP contribution in [-0.4, -0.2) is 34.8 Å². The molecule has 0 saturated carbocycles. The first kappa shape index (κ1) is 20.8. The van der Waals surface area contributed by atoms with Gasteiger partial charge in [0.1, 0.15) is 5.56 Å². The van der Waals surface area contributed by atoms with Gasteiger partial charge in [0.05, 0.1) is 29.6 Å². The van der Waals surface area contributed by atoms with E-state index >= 15 is 0 Å². The van der Waals surface area contributed by atoms with Gasteiger partial charge in [0.25, 0.3) is 5.91 Å². The first-order chi connectivity index (χ1) is 14.5. The van der Waals surface area contributed by atoms with Crippen molar-refractivity contribution in [2.45, 2.75) is 20.3 Å². The Balaban J connectivity index is 1.74. The maximum atomic E-state index is 12.7. The lowest BCUT2D eigenvalue weighted by Gasteiger charge is -2.21. The van der Waals surface area contributed by atoms with Gasteiger partial charge in [0.15, 0.2) is 6.61 Å². The number of hydrogen-bond donors (Lipinski definition) is 0. The standard InChI is InChI=1S/C23H22N4O3/c1-17-22(18(2)27(25-17)20-12-7-4-8-13-20)23(29)30-16-21(28)26(15-9-14-24)19-10-5-3-6-11-19/h3-8,10-13H,9,15-16H2,1-2H3. The molecule has 0 aliphatic heterocycles. The van der Waals surface area contributed by atoms with Gasteiger partial charge in [-0.3, -0.25) is 4.79 Å². The number of anilines is 1. The van der Waals surface area contributed by atoms with Crippen molar-refractivity contribution in [3.63, 3.8) is 0 Å². The number of carbonyl (C=O) groups is 2. The molecule has 0 aliphatic rings. The van der Waals surface area contributed by atoms with Crippen LogP contribution in [0.25, 0.3) is 5.69 Å². The van der Waals surface area contributed by atoms with Gasteiger partial charge in [0, 0.05) is 12.2 Å². The molecule has 0 fully saturated rings. The van der Waals surface area contributed by atoms with E-state index < -0.39 is 18.5 Å². The monoisotopic (exact) mass is 402 g/mol. The molecule has 0 unspecified atom stereocenters. The largest absolute Gasteiger partial charge is 0.452 e. The van der Waals surface area contributed by atoms with Crippen molar-refractivity contribution < 1.29 is 14.3 Å². The van der Waals surface area contributed by atoms with Crippen molar-refractivity contribution >= 4 is 17.6 Å². The number of rotatable bonds is 7. The second-order valence-corrected chi connectivity index (χ2v) is 6.66. The van der Waals surface area contributed by atoms with Gasteiger partial charge in [-0.05, 0) is 38.1 Å². The molecule has 3 aromatic rings. The molecule has 0 aliphatic carbocycles. The minimum absolute atomic E-state index is 0.177. The number of nitriles is 1. The van der Waals surface area contributed by atoms with Crippen molar-refractivity contribution in [1.29, 1.82) is 5.26 Å². The molecular formula is C23H22N4O3. The maximum Gasteiger partial charge on any atom is 0.342 e. The molecule has 7 nitrogen and oxygen atoms in total. The third kappa shape index (κ3) is 4.55.